The molecule has 0 rings (SSSR count). The van der Waals surface area contributed by atoms with Gasteiger partial charge in [0, 0.05) is 17.1 Å². The summed E-state index contributed by atoms with van der Waals surface area (Å²) in [6, 6.07) is 0. The zero-order chi connectivity index (χ0) is 3.58. The van der Waals surface area contributed by atoms with Crippen LogP contribution in [0, 0.1) is 0 Å². The number of rotatable bonds is 0. The van der Waals surface area contributed by atoms with Crippen LogP contribution in [0.3, 0.4) is 0 Å². The Morgan fingerprint density at radius 3 is 1.40 bits per heavy atom. The van der Waals surface area contributed by atoms with Gasteiger partial charge in [0.2, 0.25) is 0 Å². The fourth-order valence-corrected chi connectivity index (χ4v) is 0. The molecule has 5 heavy (non-hydrogen) atoms. The molecule has 0 aliphatic carbocycles. The van der Waals surface area contributed by atoms with Crippen molar-refractivity contribution in [2.75, 3.05) is 0 Å². The summed E-state index contributed by atoms with van der Waals surface area (Å²) >= 11 is 4.09. The van der Waals surface area contributed by atoms with Crippen LogP contribution in [0.5, 0.6) is 0 Å². The molecule has 0 amide bonds. The van der Waals surface area contributed by atoms with E-state index in [0.717, 1.165) is 0 Å². The van der Waals surface area contributed by atoms with Gasteiger partial charge in [-0.2, -0.15) is 0 Å². The maximum Gasteiger partial charge on any atom is 0.160 e. The number of nitrogens with two attached hydrogens (primary N) is 2. The summed E-state index contributed by atoms with van der Waals surface area (Å²) in [6.45, 7) is 0. The maximum absolute atomic E-state index is 4.62. The predicted octanol–water partition coefficient (Wildman–Crippen LogP) is -0.814. The molecule has 0 bridgehead atoms. The van der Waals surface area contributed by atoms with Crippen LogP contribution in [0.4, 0.5) is 0 Å². The van der Waals surface area contributed by atoms with Gasteiger partial charge in [-0.05, 0) is 12.2 Å². The molecule has 0 saturated heterocycles. The number of hydrogen-bond acceptors (Lipinski definition) is 1. The van der Waals surface area contributed by atoms with Crippen LogP contribution >= 0.6 is 12.2 Å². The van der Waals surface area contributed by atoms with Crippen molar-refractivity contribution in [1.82, 2.24) is 0 Å². The first-order valence-electron chi connectivity index (χ1n) is 0.781. The van der Waals surface area contributed by atoms with Crippen LogP contribution in [-0.2, 0) is 17.1 Å². The molecule has 0 saturated carbocycles. The second-order valence-corrected chi connectivity index (χ2v) is 0.874. The van der Waals surface area contributed by atoms with Crippen molar-refractivity contribution in [2.45, 2.75) is 0 Å². The first-order chi connectivity index (χ1) is 1.73. The molecular formula is CH4FeN2S. The molecule has 32 valence electrons. The normalized spacial score (nSPS) is 4.80. The van der Waals surface area contributed by atoms with Gasteiger partial charge in [-0.3, -0.25) is 0 Å². The molecule has 0 unspecified atom stereocenters. The Labute approximate surface area is 46.4 Å². The maximum atomic E-state index is 4.62. The average molecular weight is 132 g/mol. The van der Waals surface area contributed by atoms with Crippen molar-refractivity contribution in [3.8, 4) is 0 Å². The van der Waals surface area contributed by atoms with Crippen molar-refractivity contribution in [3.63, 3.8) is 0 Å². The summed E-state index contributed by atoms with van der Waals surface area (Å²) in [6.07, 6.45) is 0. The van der Waals surface area contributed by atoms with Gasteiger partial charge in [0.15, 0.2) is 5.11 Å². The zero-order valence-corrected chi connectivity index (χ0v) is 4.34. The van der Waals surface area contributed by atoms with Crippen LogP contribution in [0.25, 0.3) is 0 Å². The largest absolute Gasteiger partial charge is 0.377 e. The summed E-state index contributed by atoms with van der Waals surface area (Å²) in [5.74, 6) is 0. The molecule has 0 aliphatic heterocycles. The van der Waals surface area contributed by atoms with Crippen molar-refractivity contribution >= 4 is 17.3 Å². The molecule has 2 nitrogen and oxygen atoms in total. The van der Waals surface area contributed by atoms with Crippen molar-refractivity contribution in [1.29, 1.82) is 0 Å². The van der Waals surface area contributed by atoms with Gasteiger partial charge in [-0.15, -0.1) is 0 Å². The van der Waals surface area contributed by atoms with E-state index in [1.54, 1.807) is 0 Å². The van der Waals surface area contributed by atoms with Crippen LogP contribution in [0.2, 0.25) is 0 Å². The summed E-state index contributed by atoms with van der Waals surface area (Å²) < 4.78 is 0. The van der Waals surface area contributed by atoms with Gasteiger partial charge in [0.1, 0.15) is 0 Å². The van der Waals surface area contributed by atoms with Gasteiger partial charge in [0.05, 0.1) is 0 Å². The first-order valence-corrected chi connectivity index (χ1v) is 1.19. The molecule has 0 aromatic carbocycles. The average Bonchev–Trinajstić information content (AvgIpc) is 0.811. The quantitative estimate of drug-likeness (QED) is 0.334. The van der Waals surface area contributed by atoms with Crippen LogP contribution in [0.1, 0.15) is 0 Å². The molecule has 4 N–H and O–H groups in total. The van der Waals surface area contributed by atoms with Gasteiger partial charge in [0.25, 0.3) is 0 Å². The minimum Gasteiger partial charge on any atom is -0.377 e. The van der Waals surface area contributed by atoms with Gasteiger partial charge < -0.3 is 11.5 Å². The van der Waals surface area contributed by atoms with Gasteiger partial charge >= 0.3 is 0 Å². The topological polar surface area (TPSA) is 52.0 Å². The van der Waals surface area contributed by atoms with Crippen molar-refractivity contribution < 1.29 is 17.1 Å². The number of thiocarbonyl (C=S) groups is 1. The second-order valence-electron chi connectivity index (χ2n) is 0.402. The summed E-state index contributed by atoms with van der Waals surface area (Å²) in [5.41, 5.74) is 9.24. The molecule has 0 atom stereocenters. The Balaban J connectivity index is 0. The third kappa shape index (κ3) is 468. The number of hydrogen-bond donors (Lipinski definition) is 2. The molecule has 0 radical (unpaired) electrons. The second kappa shape index (κ2) is 4.21. The zero-order valence-electron chi connectivity index (χ0n) is 2.42. The molecule has 0 spiro atoms. The molecule has 0 aromatic rings. The van der Waals surface area contributed by atoms with E-state index in [2.05, 4.69) is 23.7 Å². The summed E-state index contributed by atoms with van der Waals surface area (Å²) in [4.78, 5) is 0. The van der Waals surface area contributed by atoms with E-state index in [0.29, 0.717) is 0 Å². The van der Waals surface area contributed by atoms with Gasteiger partial charge in [-0.1, -0.05) is 0 Å². The molecule has 0 fully saturated rings. The fourth-order valence-electron chi connectivity index (χ4n) is 0. The van der Waals surface area contributed by atoms with E-state index in [1.807, 2.05) is 0 Å². The van der Waals surface area contributed by atoms with Crippen molar-refractivity contribution in [3.05, 3.63) is 0 Å². The van der Waals surface area contributed by atoms with E-state index in [-0.39, 0.29) is 22.2 Å². The first kappa shape index (κ1) is 8.96. The Morgan fingerprint density at radius 1 is 1.40 bits per heavy atom. The van der Waals surface area contributed by atoms with Crippen LogP contribution < -0.4 is 11.5 Å². The minimum absolute atomic E-state index is 0. The van der Waals surface area contributed by atoms with E-state index >= 15 is 0 Å². The fraction of sp³-hybridized carbons (Fsp3) is 0. The standard InChI is InChI=1S/CH4N2S.Fe/c2-1(3)4;/h(H4,2,3,4);. The monoisotopic (exact) mass is 132 g/mol. The van der Waals surface area contributed by atoms with Crippen LogP contribution in [-0.4, -0.2) is 5.11 Å². The van der Waals surface area contributed by atoms with Crippen LogP contribution in [0.15, 0.2) is 0 Å². The third-order valence-corrected chi connectivity index (χ3v) is 0. The van der Waals surface area contributed by atoms with E-state index in [9.17, 15) is 0 Å². The van der Waals surface area contributed by atoms with E-state index in [1.165, 1.54) is 0 Å². The Hall–Kier alpha value is 0.209. The Bertz CT molecular complexity index is 32.6. The smallest absolute Gasteiger partial charge is 0.160 e. The minimum atomic E-state index is 0. The summed E-state index contributed by atoms with van der Waals surface area (Å²) in [5, 5.41) is 0.000000000000000222. The predicted molar refractivity (Wildman–Crippen MR) is 21.0 cm³/mol. The molecule has 4 heteroatoms. The Kier molecular flexibility index (Phi) is 7.54. The van der Waals surface area contributed by atoms with Gasteiger partial charge in [-0.25, -0.2) is 0 Å². The molecular weight excluding hydrogens is 128 g/mol. The molecule has 0 heterocycles. The van der Waals surface area contributed by atoms with Crippen molar-refractivity contribution in [2.24, 2.45) is 11.5 Å². The SMILES string of the molecule is NC(N)=S.[Fe]. The van der Waals surface area contributed by atoms with E-state index in [4.69, 9.17) is 0 Å². The summed E-state index contributed by atoms with van der Waals surface area (Å²) in [7, 11) is 0. The third-order valence-electron chi connectivity index (χ3n) is 0. The molecule has 0 aliphatic rings. The van der Waals surface area contributed by atoms with E-state index < -0.39 is 0 Å². The Morgan fingerprint density at radius 2 is 1.40 bits per heavy atom. The molecule has 0 aromatic heterocycles.